The van der Waals surface area contributed by atoms with Crippen molar-refractivity contribution in [1.29, 1.82) is 0 Å². The number of halogens is 1. The van der Waals surface area contributed by atoms with Crippen molar-refractivity contribution >= 4 is 50.8 Å². The minimum Gasteiger partial charge on any atom is -0.504 e. The third-order valence-corrected chi connectivity index (χ3v) is 5.47. The molecule has 3 amide bonds. The summed E-state index contributed by atoms with van der Waals surface area (Å²) in [7, 11) is 1.41. The number of nitrogens with zero attached hydrogens (tertiary/aromatic N) is 2. The highest BCUT2D eigenvalue weighted by Gasteiger charge is 2.37. The molecule has 0 saturated carbocycles. The molecule has 2 heterocycles. The number of carbonyl (C=O) groups is 3. The summed E-state index contributed by atoms with van der Waals surface area (Å²) in [5, 5.41) is 9.71. The van der Waals surface area contributed by atoms with Gasteiger partial charge in [-0.15, -0.1) is 0 Å². The zero-order chi connectivity index (χ0) is 19.6. The summed E-state index contributed by atoms with van der Waals surface area (Å²) in [6, 6.07) is 3.18. The van der Waals surface area contributed by atoms with Crippen LogP contribution in [0.1, 0.15) is 5.56 Å². The maximum absolute atomic E-state index is 12.6. The molecule has 1 aromatic carbocycles. The van der Waals surface area contributed by atoms with Crippen LogP contribution in [0.4, 0.5) is 4.79 Å². The van der Waals surface area contributed by atoms with E-state index in [4.69, 9.17) is 9.47 Å². The van der Waals surface area contributed by atoms with Gasteiger partial charge in [0.2, 0.25) is 5.91 Å². The SMILES string of the molecule is COc1cc(Br)cc(/C=C2/SC(=O)N(CC(=O)N3CCOCC3)C2=O)c1O. The second kappa shape index (κ2) is 8.32. The molecule has 2 fully saturated rings. The van der Waals surface area contributed by atoms with E-state index in [2.05, 4.69) is 15.9 Å². The summed E-state index contributed by atoms with van der Waals surface area (Å²) in [6.45, 7) is 1.46. The van der Waals surface area contributed by atoms with Gasteiger partial charge in [-0.25, -0.2) is 0 Å². The van der Waals surface area contributed by atoms with Gasteiger partial charge in [0.05, 0.1) is 25.2 Å². The van der Waals surface area contributed by atoms with Crippen LogP contribution in [0.2, 0.25) is 0 Å². The molecule has 0 spiro atoms. The number of amides is 3. The second-order valence-electron chi connectivity index (χ2n) is 5.81. The number of benzene rings is 1. The van der Waals surface area contributed by atoms with Crippen molar-refractivity contribution in [1.82, 2.24) is 9.80 Å². The lowest BCUT2D eigenvalue weighted by Crippen LogP contribution is -2.46. The van der Waals surface area contributed by atoms with Gasteiger partial charge in [-0.2, -0.15) is 0 Å². The minimum atomic E-state index is -0.565. The number of imide groups is 1. The predicted octanol–water partition coefficient (Wildman–Crippen LogP) is 2.06. The predicted molar refractivity (Wildman–Crippen MR) is 102 cm³/mol. The van der Waals surface area contributed by atoms with Crippen molar-refractivity contribution < 1.29 is 29.0 Å². The smallest absolute Gasteiger partial charge is 0.294 e. The van der Waals surface area contributed by atoms with Gasteiger partial charge in [-0.3, -0.25) is 19.3 Å². The van der Waals surface area contributed by atoms with Crippen molar-refractivity contribution in [2.45, 2.75) is 0 Å². The fraction of sp³-hybridized carbons (Fsp3) is 0.353. The van der Waals surface area contributed by atoms with Crippen molar-refractivity contribution in [2.24, 2.45) is 0 Å². The van der Waals surface area contributed by atoms with Gasteiger partial charge in [0.15, 0.2) is 11.5 Å². The standard InChI is InChI=1S/C17H17BrN2O6S/c1-25-12-8-11(18)6-10(15(12)22)7-13-16(23)20(17(24)27-13)9-14(21)19-2-4-26-5-3-19/h6-8,22H,2-5,9H2,1H3/b13-7+. The highest BCUT2D eigenvalue weighted by atomic mass is 79.9. The number of carbonyl (C=O) groups excluding carboxylic acids is 3. The summed E-state index contributed by atoms with van der Waals surface area (Å²) in [5.74, 6) is -0.770. The van der Waals surface area contributed by atoms with Crippen LogP contribution in [-0.2, 0) is 14.3 Å². The van der Waals surface area contributed by atoms with Crippen LogP contribution < -0.4 is 4.74 Å². The Kier molecular flexibility index (Phi) is 6.08. The summed E-state index contributed by atoms with van der Waals surface area (Å²) >= 11 is 4.03. The summed E-state index contributed by atoms with van der Waals surface area (Å²) in [4.78, 5) is 39.7. The fourth-order valence-electron chi connectivity index (χ4n) is 2.69. The molecule has 0 aromatic heterocycles. The van der Waals surface area contributed by atoms with Crippen LogP contribution >= 0.6 is 27.7 Å². The Hall–Kier alpha value is -2.04. The highest BCUT2D eigenvalue weighted by molar-refractivity contribution is 9.10. The monoisotopic (exact) mass is 456 g/mol. The molecule has 8 nitrogen and oxygen atoms in total. The van der Waals surface area contributed by atoms with E-state index in [-0.39, 0.29) is 28.9 Å². The molecule has 27 heavy (non-hydrogen) atoms. The average Bonchev–Trinajstić information content (AvgIpc) is 2.92. The zero-order valence-corrected chi connectivity index (χ0v) is 16.8. The van der Waals surface area contributed by atoms with Crippen molar-refractivity contribution in [3.05, 3.63) is 27.1 Å². The van der Waals surface area contributed by atoms with Gasteiger partial charge >= 0.3 is 0 Å². The number of aromatic hydroxyl groups is 1. The first-order valence-corrected chi connectivity index (χ1v) is 9.69. The fourth-order valence-corrected chi connectivity index (χ4v) is 3.97. The van der Waals surface area contributed by atoms with E-state index < -0.39 is 11.1 Å². The van der Waals surface area contributed by atoms with Crippen molar-refractivity contribution in [2.75, 3.05) is 40.0 Å². The number of hydrogen-bond acceptors (Lipinski definition) is 7. The van der Waals surface area contributed by atoms with Crippen molar-refractivity contribution in [3.63, 3.8) is 0 Å². The topological polar surface area (TPSA) is 96.4 Å². The third-order valence-electron chi connectivity index (χ3n) is 4.11. The lowest BCUT2D eigenvalue weighted by atomic mass is 10.1. The maximum atomic E-state index is 12.6. The average molecular weight is 457 g/mol. The third kappa shape index (κ3) is 4.28. The molecular weight excluding hydrogens is 440 g/mol. The Bertz CT molecular complexity index is 822. The Balaban J connectivity index is 1.79. The number of phenolic OH excluding ortho intramolecular Hbond substituents is 1. The Morgan fingerprint density at radius 2 is 2.07 bits per heavy atom. The van der Waals surface area contributed by atoms with Gasteiger partial charge < -0.3 is 19.5 Å². The molecule has 0 bridgehead atoms. The lowest BCUT2D eigenvalue weighted by molar-refractivity contribution is -0.139. The van der Waals surface area contributed by atoms with Gasteiger partial charge in [0.25, 0.3) is 11.1 Å². The zero-order valence-electron chi connectivity index (χ0n) is 14.4. The first-order chi connectivity index (χ1) is 12.9. The van der Waals surface area contributed by atoms with Gasteiger partial charge in [-0.1, -0.05) is 15.9 Å². The van der Waals surface area contributed by atoms with Crippen LogP contribution in [0.5, 0.6) is 11.5 Å². The molecule has 0 atom stereocenters. The molecule has 2 aliphatic heterocycles. The van der Waals surface area contributed by atoms with Crippen LogP contribution in [0.25, 0.3) is 6.08 Å². The van der Waals surface area contributed by atoms with E-state index in [1.54, 1.807) is 17.0 Å². The number of hydrogen-bond donors (Lipinski definition) is 1. The summed E-state index contributed by atoms with van der Waals surface area (Å²) in [6.07, 6.45) is 1.41. The van der Waals surface area contributed by atoms with Gasteiger partial charge in [0, 0.05) is 23.1 Å². The molecule has 0 unspecified atom stereocenters. The Morgan fingerprint density at radius 3 is 2.74 bits per heavy atom. The molecule has 2 aliphatic rings. The Labute approximate surface area is 168 Å². The van der Waals surface area contributed by atoms with Crippen LogP contribution in [0.15, 0.2) is 21.5 Å². The second-order valence-corrected chi connectivity index (χ2v) is 7.72. The number of thioether (sulfide) groups is 1. The molecule has 0 aliphatic carbocycles. The molecule has 3 rings (SSSR count). The lowest BCUT2D eigenvalue weighted by Gasteiger charge is -2.28. The molecule has 1 N–H and O–H groups in total. The highest BCUT2D eigenvalue weighted by Crippen LogP contribution is 2.38. The van der Waals surface area contributed by atoms with E-state index in [1.165, 1.54) is 13.2 Å². The maximum Gasteiger partial charge on any atom is 0.294 e. The largest absolute Gasteiger partial charge is 0.504 e. The molecule has 1 aromatic rings. The van der Waals surface area contributed by atoms with E-state index in [0.29, 0.717) is 36.3 Å². The molecule has 0 radical (unpaired) electrons. The number of morpholine rings is 1. The number of rotatable bonds is 4. The van der Waals surface area contributed by atoms with Crippen LogP contribution in [0, 0.1) is 0 Å². The van der Waals surface area contributed by atoms with Crippen LogP contribution in [0.3, 0.4) is 0 Å². The summed E-state index contributed by atoms with van der Waals surface area (Å²) < 4.78 is 10.9. The minimum absolute atomic E-state index is 0.130. The number of methoxy groups -OCH3 is 1. The normalized spacial score (nSPS) is 19.1. The van der Waals surface area contributed by atoms with Crippen molar-refractivity contribution in [3.8, 4) is 11.5 Å². The Morgan fingerprint density at radius 1 is 1.37 bits per heavy atom. The van der Waals surface area contributed by atoms with Gasteiger partial charge in [0.1, 0.15) is 6.54 Å². The van der Waals surface area contributed by atoms with E-state index >= 15 is 0 Å². The number of phenols is 1. The first kappa shape index (κ1) is 19.7. The quantitative estimate of drug-likeness (QED) is 0.692. The molecular formula is C17H17BrN2O6S. The van der Waals surface area contributed by atoms with E-state index in [1.807, 2.05) is 0 Å². The van der Waals surface area contributed by atoms with Crippen LogP contribution in [-0.4, -0.2) is 71.9 Å². The van der Waals surface area contributed by atoms with E-state index in [0.717, 1.165) is 16.7 Å². The number of ether oxygens (including phenoxy) is 2. The molecule has 144 valence electrons. The molecule has 10 heteroatoms. The summed E-state index contributed by atoms with van der Waals surface area (Å²) in [5.41, 5.74) is 0.325. The van der Waals surface area contributed by atoms with Gasteiger partial charge in [-0.05, 0) is 30.0 Å². The van der Waals surface area contributed by atoms with E-state index in [9.17, 15) is 19.5 Å². The molecule has 2 saturated heterocycles. The first-order valence-electron chi connectivity index (χ1n) is 8.08.